The average molecular weight is 280 g/mol. The fraction of sp³-hybridized carbons (Fsp3) is 1.00. The molecule has 1 saturated heterocycles. The van der Waals surface area contributed by atoms with Gasteiger partial charge in [-0.1, -0.05) is 40.5 Å². The van der Waals surface area contributed by atoms with E-state index in [0.29, 0.717) is 11.5 Å². The molecular formula is C18H36N2. The van der Waals surface area contributed by atoms with Crippen LogP contribution in [-0.4, -0.2) is 36.1 Å². The fourth-order valence-electron chi connectivity index (χ4n) is 4.54. The molecule has 0 amide bonds. The van der Waals surface area contributed by atoms with Crippen LogP contribution in [0.2, 0.25) is 0 Å². The summed E-state index contributed by atoms with van der Waals surface area (Å²) in [5.41, 5.74) is 0.466. The molecule has 118 valence electrons. The topological polar surface area (TPSA) is 15.3 Å². The lowest BCUT2D eigenvalue weighted by molar-refractivity contribution is 0.0647. The largest absolute Gasteiger partial charge is 0.312 e. The molecule has 1 heterocycles. The molecular weight excluding hydrogens is 244 g/mol. The predicted molar refractivity (Wildman–Crippen MR) is 88.1 cm³/mol. The molecule has 20 heavy (non-hydrogen) atoms. The van der Waals surface area contributed by atoms with E-state index >= 15 is 0 Å². The zero-order valence-corrected chi connectivity index (χ0v) is 14.3. The van der Waals surface area contributed by atoms with E-state index in [0.717, 1.165) is 12.1 Å². The van der Waals surface area contributed by atoms with Gasteiger partial charge in [-0.05, 0) is 57.0 Å². The monoisotopic (exact) mass is 280 g/mol. The van der Waals surface area contributed by atoms with Gasteiger partial charge in [-0.3, -0.25) is 4.90 Å². The van der Waals surface area contributed by atoms with E-state index in [1.54, 1.807) is 0 Å². The summed E-state index contributed by atoms with van der Waals surface area (Å²) in [7, 11) is 0. The molecule has 1 N–H and O–H groups in total. The Balaban J connectivity index is 2.07. The summed E-state index contributed by atoms with van der Waals surface area (Å²) in [5.74, 6) is 0. The molecule has 2 aliphatic rings. The van der Waals surface area contributed by atoms with Crippen molar-refractivity contribution in [2.75, 3.05) is 13.1 Å². The molecule has 3 atom stereocenters. The first kappa shape index (κ1) is 16.3. The first-order valence-corrected chi connectivity index (χ1v) is 9.09. The summed E-state index contributed by atoms with van der Waals surface area (Å²) in [6.45, 7) is 12.1. The van der Waals surface area contributed by atoms with Crippen molar-refractivity contribution in [3.05, 3.63) is 0 Å². The number of piperidine rings is 1. The van der Waals surface area contributed by atoms with E-state index in [-0.39, 0.29) is 0 Å². The average Bonchev–Trinajstić information content (AvgIpc) is 2.72. The highest BCUT2D eigenvalue weighted by atomic mass is 15.2. The second kappa shape index (κ2) is 7.26. The van der Waals surface area contributed by atoms with Crippen LogP contribution < -0.4 is 5.32 Å². The number of hydrogen-bond acceptors (Lipinski definition) is 2. The van der Waals surface area contributed by atoms with Crippen LogP contribution in [0, 0.1) is 5.41 Å². The Hall–Kier alpha value is -0.0800. The minimum Gasteiger partial charge on any atom is -0.312 e. The number of likely N-dealkylation sites (tertiary alicyclic amines) is 1. The van der Waals surface area contributed by atoms with Crippen molar-refractivity contribution >= 4 is 0 Å². The van der Waals surface area contributed by atoms with Crippen LogP contribution in [0.15, 0.2) is 0 Å². The zero-order valence-electron chi connectivity index (χ0n) is 14.3. The van der Waals surface area contributed by atoms with Crippen molar-refractivity contribution in [1.29, 1.82) is 0 Å². The summed E-state index contributed by atoms with van der Waals surface area (Å²) in [6, 6.07) is 2.34. The standard InChI is InChI=1S/C18H36N2/c1-5-9-15-10-7-8-14-20(15)16-11-12-18(3,4)17(16)19-13-6-2/h15-17,19H,5-14H2,1-4H3. The lowest BCUT2D eigenvalue weighted by atomic mass is 9.85. The van der Waals surface area contributed by atoms with Crippen LogP contribution in [0.4, 0.5) is 0 Å². The second-order valence-corrected chi connectivity index (χ2v) is 7.70. The van der Waals surface area contributed by atoms with Crippen LogP contribution in [0.3, 0.4) is 0 Å². The minimum absolute atomic E-state index is 0.466. The number of hydrogen-bond donors (Lipinski definition) is 1. The Bertz CT molecular complexity index is 285. The molecule has 1 aliphatic heterocycles. The van der Waals surface area contributed by atoms with Crippen molar-refractivity contribution < 1.29 is 0 Å². The van der Waals surface area contributed by atoms with E-state index in [9.17, 15) is 0 Å². The van der Waals surface area contributed by atoms with Crippen molar-refractivity contribution in [1.82, 2.24) is 10.2 Å². The summed E-state index contributed by atoms with van der Waals surface area (Å²) in [4.78, 5) is 2.90. The molecule has 2 nitrogen and oxygen atoms in total. The molecule has 1 aliphatic carbocycles. The number of rotatable bonds is 6. The van der Waals surface area contributed by atoms with Gasteiger partial charge in [0.1, 0.15) is 0 Å². The summed E-state index contributed by atoms with van der Waals surface area (Å²) in [6.07, 6.45) is 11.1. The lowest BCUT2D eigenvalue weighted by Gasteiger charge is -2.44. The van der Waals surface area contributed by atoms with E-state index in [1.807, 2.05) is 0 Å². The van der Waals surface area contributed by atoms with Gasteiger partial charge in [0.05, 0.1) is 0 Å². The molecule has 2 rings (SSSR count). The highest BCUT2D eigenvalue weighted by Gasteiger charge is 2.45. The van der Waals surface area contributed by atoms with Crippen molar-refractivity contribution in [3.8, 4) is 0 Å². The Morgan fingerprint density at radius 2 is 1.90 bits per heavy atom. The maximum atomic E-state index is 3.89. The van der Waals surface area contributed by atoms with E-state index in [1.165, 1.54) is 64.5 Å². The van der Waals surface area contributed by atoms with Crippen LogP contribution in [-0.2, 0) is 0 Å². The van der Waals surface area contributed by atoms with Gasteiger partial charge in [0.25, 0.3) is 0 Å². The van der Waals surface area contributed by atoms with Gasteiger partial charge in [-0.25, -0.2) is 0 Å². The first-order chi connectivity index (χ1) is 9.60. The molecule has 2 fully saturated rings. The maximum Gasteiger partial charge on any atom is 0.0274 e. The van der Waals surface area contributed by atoms with Gasteiger partial charge in [0.15, 0.2) is 0 Å². The summed E-state index contributed by atoms with van der Waals surface area (Å²) in [5, 5.41) is 3.89. The Kier molecular flexibility index (Phi) is 5.92. The van der Waals surface area contributed by atoms with Gasteiger partial charge in [-0.2, -0.15) is 0 Å². The molecule has 0 aromatic carbocycles. The SMILES string of the molecule is CCCNC1C(N2CCCCC2CCC)CCC1(C)C. The van der Waals surface area contributed by atoms with Gasteiger partial charge < -0.3 is 5.32 Å². The highest BCUT2D eigenvalue weighted by Crippen LogP contribution is 2.42. The molecule has 0 radical (unpaired) electrons. The van der Waals surface area contributed by atoms with Crippen molar-refractivity contribution in [3.63, 3.8) is 0 Å². The Morgan fingerprint density at radius 1 is 1.10 bits per heavy atom. The lowest BCUT2D eigenvalue weighted by Crippen LogP contribution is -2.56. The summed E-state index contributed by atoms with van der Waals surface area (Å²) >= 11 is 0. The highest BCUT2D eigenvalue weighted by molar-refractivity contribution is 5.02. The predicted octanol–water partition coefficient (Wildman–Crippen LogP) is 4.20. The van der Waals surface area contributed by atoms with Gasteiger partial charge in [0.2, 0.25) is 0 Å². The van der Waals surface area contributed by atoms with Crippen LogP contribution in [0.5, 0.6) is 0 Å². The molecule has 1 saturated carbocycles. The minimum atomic E-state index is 0.466. The van der Waals surface area contributed by atoms with Gasteiger partial charge in [-0.15, -0.1) is 0 Å². The van der Waals surface area contributed by atoms with Crippen molar-refractivity contribution in [2.24, 2.45) is 5.41 Å². The Morgan fingerprint density at radius 3 is 2.60 bits per heavy atom. The molecule has 0 spiro atoms. The second-order valence-electron chi connectivity index (χ2n) is 7.70. The normalized spacial score (nSPS) is 34.5. The maximum absolute atomic E-state index is 3.89. The van der Waals surface area contributed by atoms with Gasteiger partial charge in [0, 0.05) is 18.1 Å². The molecule has 0 aromatic heterocycles. The molecule has 0 bridgehead atoms. The third-order valence-electron chi connectivity index (χ3n) is 5.65. The molecule has 0 aromatic rings. The first-order valence-electron chi connectivity index (χ1n) is 9.09. The van der Waals surface area contributed by atoms with Gasteiger partial charge >= 0.3 is 0 Å². The van der Waals surface area contributed by atoms with E-state index < -0.39 is 0 Å². The number of nitrogens with one attached hydrogen (secondary N) is 1. The quantitative estimate of drug-likeness (QED) is 0.784. The van der Waals surface area contributed by atoms with Crippen molar-refractivity contribution in [2.45, 2.75) is 97.2 Å². The zero-order chi connectivity index (χ0) is 14.6. The molecule has 3 unspecified atom stereocenters. The Labute approximate surface area is 126 Å². The number of nitrogens with zero attached hydrogens (tertiary/aromatic N) is 1. The van der Waals surface area contributed by atoms with Crippen LogP contribution in [0.1, 0.15) is 79.1 Å². The van der Waals surface area contributed by atoms with E-state index in [4.69, 9.17) is 0 Å². The molecule has 2 heteroatoms. The third kappa shape index (κ3) is 3.57. The van der Waals surface area contributed by atoms with Crippen LogP contribution >= 0.6 is 0 Å². The summed E-state index contributed by atoms with van der Waals surface area (Å²) < 4.78 is 0. The smallest absolute Gasteiger partial charge is 0.0274 e. The van der Waals surface area contributed by atoms with Crippen LogP contribution in [0.25, 0.3) is 0 Å². The third-order valence-corrected chi connectivity index (χ3v) is 5.65. The fourth-order valence-corrected chi connectivity index (χ4v) is 4.54. The van der Waals surface area contributed by atoms with E-state index in [2.05, 4.69) is 37.9 Å².